The lowest BCUT2D eigenvalue weighted by atomic mass is 9.89. The number of carboxylic acids is 1. The van der Waals surface area contributed by atoms with E-state index in [0.29, 0.717) is 5.92 Å². The lowest BCUT2D eigenvalue weighted by Crippen LogP contribution is -2.33. The first-order chi connectivity index (χ1) is 11.6. The molecule has 1 heterocycles. The van der Waals surface area contributed by atoms with E-state index in [1.807, 2.05) is 18.2 Å². The van der Waals surface area contributed by atoms with E-state index in [-0.39, 0.29) is 11.3 Å². The lowest BCUT2D eigenvalue weighted by Gasteiger charge is -2.34. The minimum atomic E-state index is -1.28. The number of nitrogens with zero attached hydrogens (tertiary/aromatic N) is 2. The van der Waals surface area contributed by atoms with Crippen LogP contribution in [0.1, 0.15) is 34.7 Å². The number of anilines is 1. The fourth-order valence-electron chi connectivity index (χ4n) is 3.25. The van der Waals surface area contributed by atoms with Gasteiger partial charge in [0.1, 0.15) is 5.56 Å². The zero-order valence-electron chi connectivity index (χ0n) is 13.1. The number of piperidine rings is 1. The molecule has 1 aliphatic rings. The normalized spacial score (nSPS) is 15.2. The molecule has 24 heavy (non-hydrogen) atoms. The van der Waals surface area contributed by atoms with Crippen LogP contribution in [0.15, 0.2) is 48.5 Å². The second-order valence-corrected chi connectivity index (χ2v) is 5.94. The average Bonchev–Trinajstić information content (AvgIpc) is 2.62. The van der Waals surface area contributed by atoms with Crippen LogP contribution in [0, 0.1) is 10.1 Å². The maximum Gasteiger partial charge on any atom is 0.342 e. The molecule has 0 spiro atoms. The van der Waals surface area contributed by atoms with Gasteiger partial charge in [-0.3, -0.25) is 10.1 Å². The SMILES string of the molecule is O=C(O)c1cc(N2CCC(c3ccccc3)CC2)ccc1[N+](=O)[O-]. The Morgan fingerprint density at radius 2 is 1.79 bits per heavy atom. The zero-order valence-corrected chi connectivity index (χ0v) is 13.1. The Labute approximate surface area is 139 Å². The van der Waals surface area contributed by atoms with Crippen LogP contribution in [0.3, 0.4) is 0 Å². The number of benzene rings is 2. The van der Waals surface area contributed by atoms with E-state index in [2.05, 4.69) is 17.0 Å². The second kappa shape index (κ2) is 6.70. The fourth-order valence-corrected chi connectivity index (χ4v) is 3.25. The number of hydrogen-bond donors (Lipinski definition) is 1. The molecular formula is C18H18N2O4. The lowest BCUT2D eigenvalue weighted by molar-refractivity contribution is -0.385. The van der Waals surface area contributed by atoms with Gasteiger partial charge in [0.05, 0.1) is 4.92 Å². The molecule has 0 radical (unpaired) electrons. The van der Waals surface area contributed by atoms with Crippen molar-refractivity contribution in [2.24, 2.45) is 0 Å². The highest BCUT2D eigenvalue weighted by molar-refractivity contribution is 5.93. The van der Waals surface area contributed by atoms with Crippen molar-refractivity contribution in [1.82, 2.24) is 0 Å². The predicted molar refractivity (Wildman–Crippen MR) is 90.7 cm³/mol. The highest BCUT2D eigenvalue weighted by Gasteiger charge is 2.24. The van der Waals surface area contributed by atoms with Gasteiger partial charge in [0.15, 0.2) is 0 Å². The van der Waals surface area contributed by atoms with E-state index >= 15 is 0 Å². The number of carboxylic acid groups (broad SMARTS) is 1. The first-order valence-electron chi connectivity index (χ1n) is 7.88. The van der Waals surface area contributed by atoms with Crippen LogP contribution in [0.4, 0.5) is 11.4 Å². The third-order valence-corrected chi connectivity index (χ3v) is 4.54. The highest BCUT2D eigenvalue weighted by Crippen LogP contribution is 2.32. The quantitative estimate of drug-likeness (QED) is 0.684. The van der Waals surface area contributed by atoms with Gasteiger partial charge in [-0.25, -0.2) is 4.79 Å². The van der Waals surface area contributed by atoms with Crippen molar-refractivity contribution >= 4 is 17.3 Å². The Bertz CT molecular complexity index is 753. The van der Waals surface area contributed by atoms with Gasteiger partial charge < -0.3 is 10.0 Å². The minimum absolute atomic E-state index is 0.261. The van der Waals surface area contributed by atoms with Gasteiger partial charge >= 0.3 is 5.97 Å². The molecule has 3 rings (SSSR count). The minimum Gasteiger partial charge on any atom is -0.477 e. The average molecular weight is 326 g/mol. The summed E-state index contributed by atoms with van der Waals surface area (Å²) in [6.45, 7) is 1.60. The van der Waals surface area contributed by atoms with Gasteiger partial charge in [0.25, 0.3) is 5.69 Å². The van der Waals surface area contributed by atoms with Crippen LogP contribution in [0.2, 0.25) is 0 Å². The number of rotatable bonds is 4. The van der Waals surface area contributed by atoms with Crippen LogP contribution in [0.5, 0.6) is 0 Å². The van der Waals surface area contributed by atoms with E-state index in [9.17, 15) is 20.0 Å². The molecule has 2 aromatic rings. The van der Waals surface area contributed by atoms with Crippen molar-refractivity contribution in [2.75, 3.05) is 18.0 Å². The van der Waals surface area contributed by atoms with Crippen molar-refractivity contribution in [3.63, 3.8) is 0 Å². The molecule has 0 amide bonds. The van der Waals surface area contributed by atoms with Gasteiger partial charge in [-0.1, -0.05) is 30.3 Å². The summed E-state index contributed by atoms with van der Waals surface area (Å²) in [6.07, 6.45) is 1.95. The maximum atomic E-state index is 11.3. The summed E-state index contributed by atoms with van der Waals surface area (Å²) in [7, 11) is 0. The molecule has 0 atom stereocenters. The van der Waals surface area contributed by atoms with Gasteiger partial charge in [-0.05, 0) is 36.5 Å². The van der Waals surface area contributed by atoms with Gasteiger partial charge in [0.2, 0.25) is 0 Å². The first kappa shape index (κ1) is 16.0. The Balaban J connectivity index is 1.76. The summed E-state index contributed by atoms with van der Waals surface area (Å²) in [5, 5.41) is 20.1. The Morgan fingerprint density at radius 3 is 2.38 bits per heavy atom. The molecule has 0 aliphatic carbocycles. The third-order valence-electron chi connectivity index (χ3n) is 4.54. The summed E-state index contributed by atoms with van der Waals surface area (Å²) in [4.78, 5) is 23.7. The molecule has 1 saturated heterocycles. The Morgan fingerprint density at radius 1 is 1.12 bits per heavy atom. The molecule has 0 aromatic heterocycles. The predicted octanol–water partition coefficient (Wildman–Crippen LogP) is 3.68. The second-order valence-electron chi connectivity index (χ2n) is 5.94. The van der Waals surface area contributed by atoms with Gasteiger partial charge in [0, 0.05) is 24.8 Å². The monoisotopic (exact) mass is 326 g/mol. The summed E-state index contributed by atoms with van der Waals surface area (Å²) < 4.78 is 0. The van der Waals surface area contributed by atoms with Crippen molar-refractivity contribution in [3.8, 4) is 0 Å². The molecule has 6 heteroatoms. The fraction of sp³-hybridized carbons (Fsp3) is 0.278. The highest BCUT2D eigenvalue weighted by atomic mass is 16.6. The molecule has 1 N–H and O–H groups in total. The number of aromatic carboxylic acids is 1. The zero-order chi connectivity index (χ0) is 17.1. The first-order valence-corrected chi connectivity index (χ1v) is 7.88. The Kier molecular flexibility index (Phi) is 4.46. The Hall–Kier alpha value is -2.89. The number of nitro groups is 1. The van der Waals surface area contributed by atoms with E-state index in [1.54, 1.807) is 6.07 Å². The molecule has 0 bridgehead atoms. The number of hydrogen-bond acceptors (Lipinski definition) is 4. The number of carbonyl (C=O) groups is 1. The molecule has 0 unspecified atom stereocenters. The standard InChI is InChI=1S/C18H18N2O4/c21-18(22)16-12-15(6-7-17(16)20(23)24)19-10-8-14(9-11-19)13-4-2-1-3-5-13/h1-7,12,14H,8-11H2,(H,21,22). The summed E-state index contributed by atoms with van der Waals surface area (Å²) >= 11 is 0. The molecule has 2 aromatic carbocycles. The van der Waals surface area contributed by atoms with E-state index < -0.39 is 10.9 Å². The van der Waals surface area contributed by atoms with E-state index in [1.165, 1.54) is 17.7 Å². The van der Waals surface area contributed by atoms with Crippen LogP contribution < -0.4 is 4.90 Å². The van der Waals surface area contributed by atoms with Crippen LogP contribution in [-0.4, -0.2) is 29.1 Å². The maximum absolute atomic E-state index is 11.3. The molecule has 6 nitrogen and oxygen atoms in total. The van der Waals surface area contributed by atoms with Crippen LogP contribution in [-0.2, 0) is 0 Å². The van der Waals surface area contributed by atoms with Crippen molar-refractivity contribution in [1.29, 1.82) is 0 Å². The topological polar surface area (TPSA) is 83.7 Å². The summed E-state index contributed by atoms with van der Waals surface area (Å²) in [5.41, 5.74) is 1.42. The largest absolute Gasteiger partial charge is 0.477 e. The van der Waals surface area contributed by atoms with E-state index in [4.69, 9.17) is 0 Å². The smallest absolute Gasteiger partial charge is 0.342 e. The molecule has 0 saturated carbocycles. The third kappa shape index (κ3) is 3.22. The van der Waals surface area contributed by atoms with Crippen LogP contribution >= 0.6 is 0 Å². The van der Waals surface area contributed by atoms with Gasteiger partial charge in [-0.2, -0.15) is 0 Å². The van der Waals surface area contributed by atoms with Crippen LogP contribution in [0.25, 0.3) is 0 Å². The summed E-state index contributed by atoms with van der Waals surface area (Å²) in [5.74, 6) is -0.776. The van der Waals surface area contributed by atoms with Crippen molar-refractivity contribution in [2.45, 2.75) is 18.8 Å². The summed E-state index contributed by atoms with van der Waals surface area (Å²) in [6, 6.07) is 14.7. The molecule has 1 fully saturated rings. The van der Waals surface area contributed by atoms with Crippen molar-refractivity contribution in [3.05, 3.63) is 69.8 Å². The van der Waals surface area contributed by atoms with Crippen molar-refractivity contribution < 1.29 is 14.8 Å². The molecule has 1 aliphatic heterocycles. The molecular weight excluding hydrogens is 308 g/mol. The number of nitro benzene ring substituents is 1. The molecule has 124 valence electrons. The van der Waals surface area contributed by atoms with Gasteiger partial charge in [-0.15, -0.1) is 0 Å². The van der Waals surface area contributed by atoms with E-state index in [0.717, 1.165) is 31.6 Å².